The first-order valence-electron chi connectivity index (χ1n) is 7.98. The lowest BCUT2D eigenvalue weighted by Crippen LogP contribution is -2.35. The topological polar surface area (TPSA) is 44.4 Å². The number of anilines is 1. The molecule has 1 heterocycles. The summed E-state index contributed by atoms with van der Waals surface area (Å²) < 4.78 is 0. The highest BCUT2D eigenvalue weighted by Crippen LogP contribution is 2.57. The number of nitrogens with zero attached hydrogens (tertiary/aromatic N) is 1. The van der Waals surface area contributed by atoms with E-state index in [0.29, 0.717) is 12.6 Å². The molecule has 2 aliphatic carbocycles. The SMILES string of the molecule is CNC(c1ccc2c(c1)CN(C)C(=O)N2)C1CC2CC2C1. The molecule has 112 valence electrons. The first kappa shape index (κ1) is 13.1. The average molecular weight is 285 g/mol. The monoisotopic (exact) mass is 285 g/mol. The zero-order valence-corrected chi connectivity index (χ0v) is 12.7. The maximum atomic E-state index is 11.7. The summed E-state index contributed by atoms with van der Waals surface area (Å²) in [6.07, 6.45) is 4.22. The van der Waals surface area contributed by atoms with Gasteiger partial charge in [-0.1, -0.05) is 12.1 Å². The molecule has 0 aromatic heterocycles. The lowest BCUT2D eigenvalue weighted by molar-refractivity contribution is 0.218. The lowest BCUT2D eigenvalue weighted by atomic mass is 9.88. The summed E-state index contributed by atoms with van der Waals surface area (Å²) in [6, 6.07) is 6.95. The van der Waals surface area contributed by atoms with Crippen LogP contribution in [0.4, 0.5) is 10.5 Å². The second kappa shape index (κ2) is 4.73. The molecule has 3 aliphatic rings. The van der Waals surface area contributed by atoms with Gasteiger partial charge >= 0.3 is 6.03 Å². The van der Waals surface area contributed by atoms with Crippen molar-refractivity contribution in [3.63, 3.8) is 0 Å². The quantitative estimate of drug-likeness (QED) is 0.896. The van der Waals surface area contributed by atoms with Crippen molar-refractivity contribution in [3.8, 4) is 0 Å². The van der Waals surface area contributed by atoms with Crippen LogP contribution in [0.25, 0.3) is 0 Å². The molecule has 3 atom stereocenters. The Labute approximate surface area is 125 Å². The Morgan fingerprint density at radius 2 is 2.05 bits per heavy atom. The molecule has 3 unspecified atom stereocenters. The lowest BCUT2D eigenvalue weighted by Gasteiger charge is -2.29. The molecule has 1 aromatic rings. The summed E-state index contributed by atoms with van der Waals surface area (Å²) >= 11 is 0. The van der Waals surface area contributed by atoms with Gasteiger partial charge in [-0.3, -0.25) is 0 Å². The third kappa shape index (κ3) is 2.22. The van der Waals surface area contributed by atoms with Crippen molar-refractivity contribution in [2.24, 2.45) is 17.8 Å². The predicted octanol–water partition coefficient (Wildman–Crippen LogP) is 2.97. The molecule has 1 aliphatic heterocycles. The maximum absolute atomic E-state index is 11.7. The van der Waals surface area contributed by atoms with Crippen molar-refractivity contribution in [1.29, 1.82) is 0 Å². The first-order valence-corrected chi connectivity index (χ1v) is 7.98. The molecule has 2 amide bonds. The van der Waals surface area contributed by atoms with E-state index in [-0.39, 0.29) is 6.03 Å². The van der Waals surface area contributed by atoms with E-state index >= 15 is 0 Å². The zero-order chi connectivity index (χ0) is 14.6. The van der Waals surface area contributed by atoms with E-state index in [1.54, 1.807) is 4.90 Å². The van der Waals surface area contributed by atoms with Crippen molar-refractivity contribution < 1.29 is 4.79 Å². The van der Waals surface area contributed by atoms with Crippen molar-refractivity contribution in [2.45, 2.75) is 31.8 Å². The minimum atomic E-state index is -0.0173. The molecular weight excluding hydrogens is 262 g/mol. The van der Waals surface area contributed by atoms with Crippen LogP contribution >= 0.6 is 0 Å². The van der Waals surface area contributed by atoms with Gasteiger partial charge in [0, 0.05) is 25.3 Å². The van der Waals surface area contributed by atoms with Crippen LogP contribution in [0, 0.1) is 17.8 Å². The Bertz CT molecular complexity index is 575. The van der Waals surface area contributed by atoms with Crippen LogP contribution in [0.15, 0.2) is 18.2 Å². The van der Waals surface area contributed by atoms with E-state index in [1.165, 1.54) is 30.4 Å². The van der Waals surface area contributed by atoms with Crippen LogP contribution in [-0.2, 0) is 6.54 Å². The normalized spacial score (nSPS) is 31.4. The van der Waals surface area contributed by atoms with Gasteiger partial charge < -0.3 is 15.5 Å². The number of hydrogen-bond donors (Lipinski definition) is 2. The van der Waals surface area contributed by atoms with Gasteiger partial charge in [-0.15, -0.1) is 0 Å². The van der Waals surface area contributed by atoms with Gasteiger partial charge in [-0.2, -0.15) is 0 Å². The number of rotatable bonds is 3. The third-order valence-electron chi connectivity index (χ3n) is 5.55. The van der Waals surface area contributed by atoms with Gasteiger partial charge in [0.15, 0.2) is 0 Å². The smallest absolute Gasteiger partial charge is 0.321 e. The van der Waals surface area contributed by atoms with Crippen molar-refractivity contribution in [1.82, 2.24) is 10.2 Å². The number of benzene rings is 1. The van der Waals surface area contributed by atoms with Gasteiger partial charge in [0.05, 0.1) is 0 Å². The number of hydrogen-bond acceptors (Lipinski definition) is 2. The molecule has 2 N–H and O–H groups in total. The Balaban J connectivity index is 1.59. The fourth-order valence-corrected chi connectivity index (χ4v) is 4.31. The van der Waals surface area contributed by atoms with Crippen LogP contribution in [0.5, 0.6) is 0 Å². The van der Waals surface area contributed by atoms with Gasteiger partial charge in [0.1, 0.15) is 0 Å². The summed E-state index contributed by atoms with van der Waals surface area (Å²) in [5.41, 5.74) is 3.55. The van der Waals surface area contributed by atoms with Crippen molar-refractivity contribution >= 4 is 11.7 Å². The maximum Gasteiger partial charge on any atom is 0.321 e. The second-order valence-corrected chi connectivity index (χ2v) is 6.96. The van der Waals surface area contributed by atoms with E-state index < -0.39 is 0 Å². The molecule has 0 spiro atoms. The van der Waals surface area contributed by atoms with Crippen molar-refractivity contribution in [2.75, 3.05) is 19.4 Å². The molecule has 2 saturated carbocycles. The first-order chi connectivity index (χ1) is 10.2. The molecule has 4 rings (SSSR count). The Kier molecular flexibility index (Phi) is 2.96. The van der Waals surface area contributed by atoms with Gasteiger partial charge in [0.2, 0.25) is 0 Å². The minimum absolute atomic E-state index is 0.0173. The number of urea groups is 1. The molecule has 21 heavy (non-hydrogen) atoms. The fraction of sp³-hybridized carbons (Fsp3) is 0.588. The standard InChI is InChI=1S/C17H23N3O/c1-18-16(13-7-11-6-12(11)8-13)10-3-4-15-14(5-10)9-20(2)17(21)19-15/h3-5,11-13,16,18H,6-9H2,1-2H3,(H,19,21). The summed E-state index contributed by atoms with van der Waals surface area (Å²) in [4.78, 5) is 13.4. The number of carbonyl (C=O) groups is 1. The number of amides is 2. The summed E-state index contributed by atoms with van der Waals surface area (Å²) in [7, 11) is 3.91. The van der Waals surface area contributed by atoms with Gasteiger partial charge in [0.25, 0.3) is 0 Å². The molecule has 4 heteroatoms. The highest BCUT2D eigenvalue weighted by molar-refractivity contribution is 5.92. The summed E-state index contributed by atoms with van der Waals surface area (Å²) in [5.74, 6) is 2.79. The molecule has 0 bridgehead atoms. The van der Waals surface area contributed by atoms with Gasteiger partial charge in [-0.25, -0.2) is 4.79 Å². The van der Waals surface area contributed by atoms with E-state index in [2.05, 4.69) is 35.9 Å². The molecular formula is C17H23N3O. The van der Waals surface area contributed by atoms with Crippen LogP contribution in [0.3, 0.4) is 0 Å². The third-order valence-corrected chi connectivity index (χ3v) is 5.55. The van der Waals surface area contributed by atoms with E-state index in [4.69, 9.17) is 0 Å². The highest BCUT2D eigenvalue weighted by Gasteiger charge is 2.47. The molecule has 4 nitrogen and oxygen atoms in total. The van der Waals surface area contributed by atoms with Gasteiger partial charge in [-0.05, 0) is 61.3 Å². The van der Waals surface area contributed by atoms with E-state index in [0.717, 1.165) is 23.4 Å². The van der Waals surface area contributed by atoms with E-state index in [9.17, 15) is 4.79 Å². The van der Waals surface area contributed by atoms with Crippen LogP contribution in [0.1, 0.15) is 36.4 Å². The molecule has 1 aromatic carbocycles. The fourth-order valence-electron chi connectivity index (χ4n) is 4.31. The molecule has 0 saturated heterocycles. The highest BCUT2D eigenvalue weighted by atomic mass is 16.2. The summed E-state index contributed by atoms with van der Waals surface area (Å²) in [5, 5.41) is 6.47. The number of fused-ring (bicyclic) bond motifs is 2. The number of nitrogens with one attached hydrogen (secondary N) is 2. The number of carbonyl (C=O) groups excluding carboxylic acids is 1. The second-order valence-electron chi connectivity index (χ2n) is 6.96. The average Bonchev–Trinajstić information content (AvgIpc) is 3.08. The van der Waals surface area contributed by atoms with Crippen LogP contribution in [-0.4, -0.2) is 25.0 Å². The summed E-state index contributed by atoms with van der Waals surface area (Å²) in [6.45, 7) is 0.696. The Morgan fingerprint density at radius 3 is 2.76 bits per heavy atom. The minimum Gasteiger partial charge on any atom is -0.323 e. The largest absolute Gasteiger partial charge is 0.323 e. The van der Waals surface area contributed by atoms with Crippen molar-refractivity contribution in [3.05, 3.63) is 29.3 Å². The Morgan fingerprint density at radius 1 is 1.29 bits per heavy atom. The van der Waals surface area contributed by atoms with E-state index in [1.807, 2.05) is 7.05 Å². The molecule has 2 fully saturated rings. The van der Waals surface area contributed by atoms with Crippen LogP contribution in [0.2, 0.25) is 0 Å². The van der Waals surface area contributed by atoms with Crippen LogP contribution < -0.4 is 10.6 Å². The Hall–Kier alpha value is -1.55. The predicted molar refractivity (Wildman–Crippen MR) is 83.0 cm³/mol. The zero-order valence-electron chi connectivity index (χ0n) is 12.7. The molecule has 0 radical (unpaired) electrons.